The molecular formula is C19H25Cl2N7O4. The highest BCUT2D eigenvalue weighted by atomic mass is 35.5. The van der Waals surface area contributed by atoms with E-state index < -0.39 is 4.92 Å². The molecule has 0 unspecified atom stereocenters. The molecule has 3 heterocycles. The van der Waals surface area contributed by atoms with E-state index in [0.717, 1.165) is 39.1 Å². The summed E-state index contributed by atoms with van der Waals surface area (Å²) in [5.41, 5.74) is 0.453. The maximum Gasteiger partial charge on any atom is 0.352 e. The van der Waals surface area contributed by atoms with Crippen molar-refractivity contribution in [3.63, 3.8) is 0 Å². The molecular weight excluding hydrogens is 461 g/mol. The number of nitro groups is 1. The first kappa shape index (κ1) is 23.0. The Morgan fingerprint density at radius 2 is 2.06 bits per heavy atom. The average molecular weight is 486 g/mol. The van der Waals surface area contributed by atoms with E-state index in [1.165, 1.54) is 6.20 Å². The van der Waals surface area contributed by atoms with Gasteiger partial charge in [-0.3, -0.25) is 19.7 Å². The first-order valence-corrected chi connectivity index (χ1v) is 11.3. The summed E-state index contributed by atoms with van der Waals surface area (Å²) in [5, 5.41) is 19.6. The second-order valence-electron chi connectivity index (χ2n) is 7.83. The molecule has 1 saturated carbocycles. The predicted molar refractivity (Wildman–Crippen MR) is 119 cm³/mol. The van der Waals surface area contributed by atoms with E-state index in [1.807, 2.05) is 0 Å². The van der Waals surface area contributed by atoms with E-state index in [0.29, 0.717) is 35.5 Å². The zero-order chi connectivity index (χ0) is 22.7. The maximum absolute atomic E-state index is 11.6. The van der Waals surface area contributed by atoms with Gasteiger partial charge in [-0.15, -0.1) is 5.10 Å². The Morgan fingerprint density at radius 3 is 2.78 bits per heavy atom. The molecule has 2 aromatic heterocycles. The highest BCUT2D eigenvalue weighted by Crippen LogP contribution is 2.40. The van der Waals surface area contributed by atoms with Gasteiger partial charge in [0.1, 0.15) is 16.5 Å². The summed E-state index contributed by atoms with van der Waals surface area (Å²) in [7, 11) is 0. The molecule has 2 fully saturated rings. The van der Waals surface area contributed by atoms with Crippen molar-refractivity contribution >= 4 is 34.7 Å². The first-order valence-electron chi connectivity index (χ1n) is 10.5. The van der Waals surface area contributed by atoms with E-state index in [4.69, 9.17) is 32.7 Å². The number of nitrogens with zero attached hydrogens (tertiary/aromatic N) is 6. The van der Waals surface area contributed by atoms with Crippen LogP contribution >= 0.6 is 23.2 Å². The molecule has 4 rings (SSSR count). The normalized spacial score (nSPS) is 21.2. The van der Waals surface area contributed by atoms with Crippen LogP contribution in [0.2, 0.25) is 10.3 Å². The standard InChI is InChI=1S/C19H25Cl2N7O4/c1-12-16(28(29)30)18(32-6-2-3-22-17-15(20)11-23-19(21)24-17)25-27(12)14-9-13(10-14)26-4-7-31-8-5-26/h11,13-14H,2-10H2,1H3,(H,22,23,24). The fourth-order valence-corrected chi connectivity index (χ4v) is 4.35. The highest BCUT2D eigenvalue weighted by molar-refractivity contribution is 6.33. The lowest BCUT2D eigenvalue weighted by Crippen LogP contribution is -2.50. The van der Waals surface area contributed by atoms with Crippen LogP contribution in [0.4, 0.5) is 11.5 Å². The Labute approximate surface area is 195 Å². The molecule has 1 saturated heterocycles. The van der Waals surface area contributed by atoms with Crippen LogP contribution in [0.3, 0.4) is 0 Å². The second-order valence-corrected chi connectivity index (χ2v) is 8.58. The number of morpholine rings is 1. The zero-order valence-corrected chi connectivity index (χ0v) is 19.2. The smallest absolute Gasteiger partial charge is 0.352 e. The Bertz CT molecular complexity index is 961. The van der Waals surface area contributed by atoms with E-state index in [9.17, 15) is 10.1 Å². The van der Waals surface area contributed by atoms with Crippen molar-refractivity contribution in [1.29, 1.82) is 0 Å². The van der Waals surface area contributed by atoms with Crippen molar-refractivity contribution in [2.75, 3.05) is 44.8 Å². The number of nitrogens with one attached hydrogen (secondary N) is 1. The van der Waals surface area contributed by atoms with Crippen LogP contribution < -0.4 is 10.1 Å². The van der Waals surface area contributed by atoms with Gasteiger partial charge in [0, 0.05) is 25.7 Å². The quantitative estimate of drug-likeness (QED) is 0.247. The number of hydrogen-bond acceptors (Lipinski definition) is 9. The van der Waals surface area contributed by atoms with E-state index >= 15 is 0 Å². The lowest BCUT2D eigenvalue weighted by Gasteiger charge is -2.44. The number of anilines is 1. The van der Waals surface area contributed by atoms with Gasteiger partial charge in [-0.25, -0.2) is 4.98 Å². The minimum atomic E-state index is -0.423. The summed E-state index contributed by atoms with van der Waals surface area (Å²) in [6, 6.07) is 0.620. The van der Waals surface area contributed by atoms with E-state index in [1.54, 1.807) is 11.6 Å². The summed E-state index contributed by atoms with van der Waals surface area (Å²) < 4.78 is 12.8. The third kappa shape index (κ3) is 5.06. The monoisotopic (exact) mass is 485 g/mol. The Balaban J connectivity index is 1.31. The van der Waals surface area contributed by atoms with Gasteiger partial charge in [0.25, 0.3) is 0 Å². The molecule has 1 N–H and O–H groups in total. The molecule has 0 amide bonds. The summed E-state index contributed by atoms with van der Waals surface area (Å²) in [5.74, 6) is 0.489. The van der Waals surface area contributed by atoms with Crippen molar-refractivity contribution < 1.29 is 14.4 Å². The second kappa shape index (κ2) is 10.2. The molecule has 32 heavy (non-hydrogen) atoms. The molecule has 1 aliphatic carbocycles. The van der Waals surface area contributed by atoms with Gasteiger partial charge in [0.2, 0.25) is 5.28 Å². The Hall–Kier alpha value is -2.21. The third-order valence-electron chi connectivity index (χ3n) is 5.83. The number of hydrogen-bond donors (Lipinski definition) is 1. The van der Waals surface area contributed by atoms with Gasteiger partial charge >= 0.3 is 11.6 Å². The molecule has 2 aliphatic rings. The van der Waals surface area contributed by atoms with Crippen LogP contribution in [0, 0.1) is 17.0 Å². The fraction of sp³-hybridized carbons (Fsp3) is 0.632. The van der Waals surface area contributed by atoms with Gasteiger partial charge in [-0.1, -0.05) is 11.6 Å². The van der Waals surface area contributed by atoms with Crippen molar-refractivity contribution in [2.24, 2.45) is 0 Å². The molecule has 174 valence electrons. The van der Waals surface area contributed by atoms with Crippen molar-refractivity contribution in [2.45, 2.75) is 38.3 Å². The molecule has 0 aromatic carbocycles. The SMILES string of the molecule is Cc1c([N+](=O)[O-])c(OCCCNc2nc(Cl)ncc2Cl)nn1C1CC(N2CCOCC2)C1. The molecule has 0 spiro atoms. The summed E-state index contributed by atoms with van der Waals surface area (Å²) >= 11 is 11.8. The van der Waals surface area contributed by atoms with Gasteiger partial charge in [0.05, 0.1) is 37.0 Å². The van der Waals surface area contributed by atoms with Crippen LogP contribution in [0.15, 0.2) is 6.20 Å². The van der Waals surface area contributed by atoms with Crippen molar-refractivity contribution in [3.8, 4) is 5.88 Å². The lowest BCUT2D eigenvalue weighted by atomic mass is 9.85. The van der Waals surface area contributed by atoms with Gasteiger partial charge in [-0.2, -0.15) is 4.98 Å². The summed E-state index contributed by atoms with van der Waals surface area (Å²) in [6.07, 6.45) is 3.82. The molecule has 13 heteroatoms. The van der Waals surface area contributed by atoms with Gasteiger partial charge in [0.15, 0.2) is 0 Å². The minimum Gasteiger partial charge on any atom is -0.472 e. The molecule has 0 radical (unpaired) electrons. The lowest BCUT2D eigenvalue weighted by molar-refractivity contribution is -0.386. The average Bonchev–Trinajstić information content (AvgIpc) is 3.06. The first-order chi connectivity index (χ1) is 15.4. The van der Waals surface area contributed by atoms with Crippen LogP contribution in [0.1, 0.15) is 31.0 Å². The van der Waals surface area contributed by atoms with Gasteiger partial charge in [-0.05, 0) is 37.8 Å². The number of aromatic nitrogens is 4. The molecule has 1 aliphatic heterocycles. The van der Waals surface area contributed by atoms with Crippen LogP contribution in [0.5, 0.6) is 5.88 Å². The number of rotatable bonds is 9. The van der Waals surface area contributed by atoms with Crippen LogP contribution in [0.25, 0.3) is 0 Å². The third-order valence-corrected chi connectivity index (χ3v) is 6.29. The fourth-order valence-electron chi connectivity index (χ4n) is 4.06. The largest absolute Gasteiger partial charge is 0.472 e. The van der Waals surface area contributed by atoms with E-state index in [2.05, 4.69) is 25.3 Å². The molecule has 2 aromatic rings. The minimum absolute atomic E-state index is 0.0606. The summed E-state index contributed by atoms with van der Waals surface area (Å²) in [6.45, 7) is 5.86. The summed E-state index contributed by atoms with van der Waals surface area (Å²) in [4.78, 5) is 21.4. The number of ether oxygens (including phenoxy) is 2. The number of halogens is 2. The zero-order valence-electron chi connectivity index (χ0n) is 17.7. The van der Waals surface area contributed by atoms with E-state index in [-0.39, 0.29) is 29.5 Å². The highest BCUT2D eigenvalue weighted by Gasteiger charge is 2.39. The molecule has 0 atom stereocenters. The van der Waals surface area contributed by atoms with Crippen LogP contribution in [-0.4, -0.2) is 75.1 Å². The topological polar surface area (TPSA) is 120 Å². The predicted octanol–water partition coefficient (Wildman–Crippen LogP) is 3.11. The Morgan fingerprint density at radius 1 is 1.31 bits per heavy atom. The maximum atomic E-state index is 11.6. The molecule has 11 nitrogen and oxygen atoms in total. The van der Waals surface area contributed by atoms with Crippen molar-refractivity contribution in [1.82, 2.24) is 24.6 Å². The van der Waals surface area contributed by atoms with Gasteiger partial charge < -0.3 is 14.8 Å². The van der Waals surface area contributed by atoms with Crippen LogP contribution in [-0.2, 0) is 4.74 Å². The molecule has 0 bridgehead atoms. The Kier molecular flexibility index (Phi) is 7.29. The van der Waals surface area contributed by atoms with Crippen molar-refractivity contribution in [3.05, 3.63) is 32.3 Å².